The van der Waals surface area contributed by atoms with E-state index < -0.39 is 0 Å². The highest BCUT2D eigenvalue weighted by Crippen LogP contribution is 2.28. The molecule has 0 aromatic heterocycles. The molecule has 0 aliphatic rings. The van der Waals surface area contributed by atoms with Crippen molar-refractivity contribution in [2.24, 2.45) is 5.73 Å². The number of nitrogens with two attached hydrogens (primary N) is 1. The molecule has 94 valence electrons. The van der Waals surface area contributed by atoms with E-state index in [0.717, 1.165) is 11.3 Å². The Kier molecular flexibility index (Phi) is 4.97. The van der Waals surface area contributed by atoms with Crippen molar-refractivity contribution >= 4 is 5.91 Å². The zero-order valence-electron chi connectivity index (χ0n) is 10.6. The van der Waals surface area contributed by atoms with Crippen molar-refractivity contribution in [3.63, 3.8) is 0 Å². The molecular formula is C13H20N2O2. The second kappa shape index (κ2) is 6.25. The number of carbonyl (C=O) groups is 1. The maximum atomic E-state index is 11.7. The van der Waals surface area contributed by atoms with Crippen molar-refractivity contribution in [3.05, 3.63) is 29.8 Å². The zero-order chi connectivity index (χ0) is 12.8. The van der Waals surface area contributed by atoms with Gasteiger partial charge in [-0.25, -0.2) is 0 Å². The Labute approximate surface area is 102 Å². The zero-order valence-corrected chi connectivity index (χ0v) is 10.6. The average molecular weight is 236 g/mol. The third-order valence-corrected chi connectivity index (χ3v) is 2.89. The fraction of sp³-hybridized carbons (Fsp3) is 0.462. The maximum absolute atomic E-state index is 11.7. The Morgan fingerprint density at radius 2 is 2.12 bits per heavy atom. The predicted octanol–water partition coefficient (Wildman–Crippen LogP) is 1.56. The van der Waals surface area contributed by atoms with Gasteiger partial charge in [-0.3, -0.25) is 4.79 Å². The summed E-state index contributed by atoms with van der Waals surface area (Å²) in [5.74, 6) is 0.745. The summed E-state index contributed by atoms with van der Waals surface area (Å²) < 4.78 is 5.31. The first-order valence-corrected chi connectivity index (χ1v) is 5.78. The van der Waals surface area contributed by atoms with E-state index in [1.54, 1.807) is 12.0 Å². The van der Waals surface area contributed by atoms with Gasteiger partial charge in [0, 0.05) is 12.1 Å². The molecule has 0 fully saturated rings. The highest BCUT2D eigenvalue weighted by molar-refractivity contribution is 5.78. The summed E-state index contributed by atoms with van der Waals surface area (Å²) in [6, 6.07) is 7.68. The third kappa shape index (κ3) is 2.97. The highest BCUT2D eigenvalue weighted by Gasteiger charge is 2.20. The number of hydrogen-bond donors (Lipinski definition) is 1. The number of benzene rings is 1. The standard InChI is InChI=1S/C13H20N2O2/c1-4-15(13(16)9-14)10(2)11-7-5-6-8-12(11)17-3/h5-8,10H,4,9,14H2,1-3H3/t10-/m0/s1. The largest absolute Gasteiger partial charge is 0.496 e. The molecule has 2 N–H and O–H groups in total. The number of para-hydroxylation sites is 1. The molecule has 0 unspecified atom stereocenters. The Bertz CT molecular complexity index is 379. The molecule has 4 nitrogen and oxygen atoms in total. The smallest absolute Gasteiger partial charge is 0.236 e. The van der Waals surface area contributed by atoms with Gasteiger partial charge in [0.2, 0.25) is 5.91 Å². The molecule has 0 spiro atoms. The first kappa shape index (κ1) is 13.5. The molecule has 0 saturated carbocycles. The number of amides is 1. The van der Waals surface area contributed by atoms with Gasteiger partial charge in [0.25, 0.3) is 0 Å². The summed E-state index contributed by atoms with van der Waals surface area (Å²) in [6.07, 6.45) is 0. The number of nitrogens with zero attached hydrogens (tertiary/aromatic N) is 1. The second-order valence-corrected chi connectivity index (χ2v) is 3.80. The Balaban J connectivity index is 3.01. The second-order valence-electron chi connectivity index (χ2n) is 3.80. The van der Waals surface area contributed by atoms with Crippen LogP contribution in [0, 0.1) is 0 Å². The van der Waals surface area contributed by atoms with Crippen LogP contribution in [0.25, 0.3) is 0 Å². The van der Waals surface area contributed by atoms with Gasteiger partial charge in [-0.05, 0) is 19.9 Å². The minimum absolute atomic E-state index is 0.0350. The Morgan fingerprint density at radius 3 is 2.65 bits per heavy atom. The van der Waals surface area contributed by atoms with Gasteiger partial charge in [-0.15, -0.1) is 0 Å². The predicted molar refractivity (Wildman–Crippen MR) is 67.9 cm³/mol. The molecule has 1 atom stereocenters. The molecule has 0 aliphatic carbocycles. The first-order valence-electron chi connectivity index (χ1n) is 5.78. The van der Waals surface area contributed by atoms with Crippen LogP contribution < -0.4 is 10.5 Å². The van der Waals surface area contributed by atoms with Crippen molar-refractivity contribution in [2.75, 3.05) is 20.2 Å². The van der Waals surface area contributed by atoms with Gasteiger partial charge in [0.05, 0.1) is 19.7 Å². The molecule has 0 radical (unpaired) electrons. The van der Waals surface area contributed by atoms with Gasteiger partial charge < -0.3 is 15.4 Å². The summed E-state index contributed by atoms with van der Waals surface area (Å²) in [6.45, 7) is 4.59. The molecule has 1 rings (SSSR count). The Hall–Kier alpha value is -1.55. The number of likely N-dealkylation sites (N-methyl/N-ethyl adjacent to an activating group) is 1. The van der Waals surface area contributed by atoms with E-state index in [1.807, 2.05) is 38.1 Å². The summed E-state index contributed by atoms with van der Waals surface area (Å²) >= 11 is 0. The SMILES string of the molecule is CCN(C(=O)CN)[C@@H](C)c1ccccc1OC. The topological polar surface area (TPSA) is 55.6 Å². The van der Waals surface area contributed by atoms with Gasteiger partial charge in [0.15, 0.2) is 0 Å². The van der Waals surface area contributed by atoms with Crippen LogP contribution in [0.4, 0.5) is 0 Å². The molecule has 1 aromatic rings. The molecule has 0 bridgehead atoms. The quantitative estimate of drug-likeness (QED) is 0.844. The Morgan fingerprint density at radius 1 is 1.47 bits per heavy atom. The molecule has 0 aliphatic heterocycles. The molecular weight excluding hydrogens is 216 g/mol. The molecule has 17 heavy (non-hydrogen) atoms. The highest BCUT2D eigenvalue weighted by atomic mass is 16.5. The number of carbonyl (C=O) groups excluding carboxylic acids is 1. The van der Waals surface area contributed by atoms with Gasteiger partial charge in [-0.2, -0.15) is 0 Å². The molecule has 1 amide bonds. The van der Waals surface area contributed by atoms with Crippen LogP contribution in [0.1, 0.15) is 25.5 Å². The van der Waals surface area contributed by atoms with Crippen molar-refractivity contribution in [1.82, 2.24) is 4.90 Å². The van der Waals surface area contributed by atoms with E-state index in [4.69, 9.17) is 10.5 Å². The summed E-state index contributed by atoms with van der Waals surface area (Å²) in [7, 11) is 1.63. The minimum Gasteiger partial charge on any atom is -0.496 e. The molecule has 4 heteroatoms. The molecule has 0 saturated heterocycles. The van der Waals surface area contributed by atoms with Crippen LogP contribution in [-0.4, -0.2) is 31.0 Å². The van der Waals surface area contributed by atoms with E-state index >= 15 is 0 Å². The number of ether oxygens (including phenoxy) is 1. The van der Waals surface area contributed by atoms with Crippen LogP contribution >= 0.6 is 0 Å². The van der Waals surface area contributed by atoms with Crippen LogP contribution in [0.3, 0.4) is 0 Å². The average Bonchev–Trinajstić information content (AvgIpc) is 2.38. The monoisotopic (exact) mass is 236 g/mol. The lowest BCUT2D eigenvalue weighted by Gasteiger charge is -2.29. The van der Waals surface area contributed by atoms with Crippen molar-refractivity contribution in [1.29, 1.82) is 0 Å². The fourth-order valence-corrected chi connectivity index (χ4v) is 1.96. The first-order chi connectivity index (χ1) is 8.15. The lowest BCUT2D eigenvalue weighted by Crippen LogP contribution is -2.37. The lowest BCUT2D eigenvalue weighted by atomic mass is 10.1. The summed E-state index contributed by atoms with van der Waals surface area (Å²) in [4.78, 5) is 13.5. The van der Waals surface area contributed by atoms with Crippen LogP contribution in [-0.2, 0) is 4.79 Å². The molecule has 0 heterocycles. The van der Waals surface area contributed by atoms with Gasteiger partial charge >= 0.3 is 0 Å². The van der Waals surface area contributed by atoms with Gasteiger partial charge in [0.1, 0.15) is 5.75 Å². The van der Waals surface area contributed by atoms with E-state index in [1.165, 1.54) is 0 Å². The number of rotatable bonds is 5. The van der Waals surface area contributed by atoms with Crippen LogP contribution in [0.15, 0.2) is 24.3 Å². The van der Waals surface area contributed by atoms with Crippen LogP contribution in [0.2, 0.25) is 0 Å². The van der Waals surface area contributed by atoms with E-state index in [2.05, 4.69) is 0 Å². The summed E-state index contributed by atoms with van der Waals surface area (Å²) in [5.41, 5.74) is 6.41. The lowest BCUT2D eigenvalue weighted by molar-refractivity contribution is -0.131. The number of hydrogen-bond acceptors (Lipinski definition) is 3. The van der Waals surface area contributed by atoms with Crippen LogP contribution in [0.5, 0.6) is 5.75 Å². The maximum Gasteiger partial charge on any atom is 0.236 e. The number of methoxy groups -OCH3 is 1. The van der Waals surface area contributed by atoms with Gasteiger partial charge in [-0.1, -0.05) is 18.2 Å². The van der Waals surface area contributed by atoms with Crippen molar-refractivity contribution in [2.45, 2.75) is 19.9 Å². The van der Waals surface area contributed by atoms with Crippen molar-refractivity contribution in [3.8, 4) is 5.75 Å². The molecule has 1 aromatic carbocycles. The fourth-order valence-electron chi connectivity index (χ4n) is 1.96. The van der Waals surface area contributed by atoms with Crippen molar-refractivity contribution < 1.29 is 9.53 Å². The third-order valence-electron chi connectivity index (χ3n) is 2.89. The summed E-state index contributed by atoms with van der Waals surface area (Å²) in [5, 5.41) is 0. The van der Waals surface area contributed by atoms with E-state index in [9.17, 15) is 4.79 Å². The van der Waals surface area contributed by atoms with E-state index in [0.29, 0.717) is 6.54 Å². The van der Waals surface area contributed by atoms with E-state index in [-0.39, 0.29) is 18.5 Å². The minimum atomic E-state index is -0.0501. The normalized spacial score (nSPS) is 12.0.